The van der Waals surface area contributed by atoms with E-state index in [0.717, 1.165) is 72.5 Å². The van der Waals surface area contributed by atoms with Crippen molar-refractivity contribution in [3.8, 4) is 78.5 Å². The maximum atomic E-state index is 5.21. The van der Waals surface area contributed by atoms with E-state index in [1.54, 1.807) is 0 Å². The number of fused-ring (bicyclic) bond motifs is 3. The van der Waals surface area contributed by atoms with Crippen molar-refractivity contribution in [3.05, 3.63) is 212 Å². The second-order valence-electron chi connectivity index (χ2n) is 14.0. The summed E-state index contributed by atoms with van der Waals surface area (Å²) < 4.78 is 0. The molecular formula is C53H35N3. The van der Waals surface area contributed by atoms with E-state index in [0.29, 0.717) is 5.82 Å². The summed E-state index contributed by atoms with van der Waals surface area (Å²) >= 11 is 0. The molecule has 0 aliphatic carbocycles. The number of hydrogen-bond acceptors (Lipinski definition) is 3. The lowest BCUT2D eigenvalue weighted by Gasteiger charge is -2.14. The van der Waals surface area contributed by atoms with Gasteiger partial charge in [-0.25, -0.2) is 15.0 Å². The predicted molar refractivity (Wildman–Crippen MR) is 233 cm³/mol. The van der Waals surface area contributed by atoms with E-state index in [2.05, 4.69) is 170 Å². The Morgan fingerprint density at radius 1 is 0.268 bits per heavy atom. The zero-order chi connectivity index (χ0) is 37.3. The van der Waals surface area contributed by atoms with Crippen molar-refractivity contribution in [3.63, 3.8) is 0 Å². The minimum Gasteiger partial charge on any atom is -0.248 e. The molecule has 2 aromatic heterocycles. The molecule has 0 bridgehead atoms. The summed E-state index contributed by atoms with van der Waals surface area (Å²) in [7, 11) is 0. The van der Waals surface area contributed by atoms with Crippen LogP contribution in [-0.2, 0) is 0 Å². The van der Waals surface area contributed by atoms with Crippen LogP contribution in [-0.4, -0.2) is 15.0 Å². The molecule has 0 atom stereocenters. The average molecular weight is 714 g/mol. The quantitative estimate of drug-likeness (QED) is 0.154. The van der Waals surface area contributed by atoms with Crippen LogP contribution in [0.15, 0.2) is 212 Å². The molecule has 0 radical (unpaired) electrons. The maximum Gasteiger partial charge on any atom is 0.160 e. The Bertz CT molecular complexity index is 2940. The molecule has 0 spiro atoms. The third kappa shape index (κ3) is 6.42. The first-order valence-corrected chi connectivity index (χ1v) is 18.9. The largest absolute Gasteiger partial charge is 0.248 e. The Labute approximate surface area is 326 Å². The topological polar surface area (TPSA) is 38.7 Å². The molecule has 10 rings (SSSR count). The van der Waals surface area contributed by atoms with Gasteiger partial charge in [-0.05, 0) is 80.6 Å². The predicted octanol–water partition coefficient (Wildman–Crippen LogP) is 13.8. The highest BCUT2D eigenvalue weighted by Crippen LogP contribution is 2.39. The first kappa shape index (κ1) is 33.1. The Morgan fingerprint density at radius 2 is 0.696 bits per heavy atom. The van der Waals surface area contributed by atoms with Crippen LogP contribution in [0, 0.1) is 0 Å². The Balaban J connectivity index is 1.07. The van der Waals surface area contributed by atoms with Crippen molar-refractivity contribution in [1.29, 1.82) is 0 Å². The molecule has 262 valence electrons. The SMILES string of the molecule is c1ccc(-c2cc(-c3ccccc3)nc(-c3cccc(-c4cccc(-c5ccc6ccc7nc(-c8ccccc8)cc(-c8ccccc8)c7c6c5)c4)c3)n2)cc1. The molecular weight excluding hydrogens is 679 g/mol. The van der Waals surface area contributed by atoms with Gasteiger partial charge in [0.05, 0.1) is 22.6 Å². The lowest BCUT2D eigenvalue weighted by atomic mass is 9.92. The normalized spacial score (nSPS) is 11.2. The van der Waals surface area contributed by atoms with E-state index < -0.39 is 0 Å². The standard InChI is InChI=1S/C53H35N3/c1-5-15-36(16-6-1)47-34-49(38-17-7-2-8-18-38)54-48-30-29-37-27-28-44(33-46(37)52(47)48)42-24-13-23-41(31-42)43-25-14-26-45(32-43)53-55-50(39-19-9-3-10-20-39)35-51(56-53)40-21-11-4-12-22-40/h1-35H. The first-order chi connectivity index (χ1) is 27.7. The van der Waals surface area contributed by atoms with Crippen LogP contribution in [0.4, 0.5) is 0 Å². The van der Waals surface area contributed by atoms with Crippen LogP contribution in [0.3, 0.4) is 0 Å². The van der Waals surface area contributed by atoms with E-state index in [9.17, 15) is 0 Å². The number of rotatable bonds is 7. The molecule has 56 heavy (non-hydrogen) atoms. The molecule has 0 N–H and O–H groups in total. The van der Waals surface area contributed by atoms with E-state index in [-0.39, 0.29) is 0 Å². The molecule has 0 amide bonds. The van der Waals surface area contributed by atoms with Crippen molar-refractivity contribution < 1.29 is 0 Å². The third-order valence-electron chi connectivity index (χ3n) is 10.5. The molecule has 0 aliphatic heterocycles. The highest BCUT2D eigenvalue weighted by Gasteiger charge is 2.15. The van der Waals surface area contributed by atoms with Gasteiger partial charge in [-0.2, -0.15) is 0 Å². The highest BCUT2D eigenvalue weighted by molar-refractivity contribution is 6.14. The van der Waals surface area contributed by atoms with Gasteiger partial charge in [0.2, 0.25) is 0 Å². The van der Waals surface area contributed by atoms with E-state index in [1.165, 1.54) is 21.9 Å². The second kappa shape index (κ2) is 14.4. The summed E-state index contributed by atoms with van der Waals surface area (Å²) in [6.45, 7) is 0. The number of benzene rings is 8. The Kier molecular flexibility index (Phi) is 8.51. The molecule has 3 heteroatoms. The number of nitrogens with zero attached hydrogens (tertiary/aromatic N) is 3. The molecule has 0 saturated heterocycles. The fourth-order valence-electron chi connectivity index (χ4n) is 7.64. The summed E-state index contributed by atoms with van der Waals surface area (Å²) in [5.41, 5.74) is 14.8. The van der Waals surface area contributed by atoms with Gasteiger partial charge in [0.25, 0.3) is 0 Å². The van der Waals surface area contributed by atoms with Gasteiger partial charge in [0, 0.05) is 27.6 Å². The molecule has 0 unspecified atom stereocenters. The maximum absolute atomic E-state index is 5.21. The Morgan fingerprint density at radius 3 is 1.25 bits per heavy atom. The van der Waals surface area contributed by atoms with E-state index in [1.807, 2.05) is 42.5 Å². The second-order valence-corrected chi connectivity index (χ2v) is 14.0. The van der Waals surface area contributed by atoms with Crippen LogP contribution in [0.2, 0.25) is 0 Å². The number of pyridine rings is 1. The van der Waals surface area contributed by atoms with Gasteiger partial charge < -0.3 is 0 Å². The van der Waals surface area contributed by atoms with Crippen molar-refractivity contribution in [2.45, 2.75) is 0 Å². The smallest absolute Gasteiger partial charge is 0.160 e. The van der Waals surface area contributed by atoms with Crippen LogP contribution in [0.25, 0.3) is 100 Å². The lowest BCUT2D eigenvalue weighted by Crippen LogP contribution is -1.96. The van der Waals surface area contributed by atoms with Gasteiger partial charge in [0.1, 0.15) is 0 Å². The van der Waals surface area contributed by atoms with Crippen LogP contribution in [0.5, 0.6) is 0 Å². The van der Waals surface area contributed by atoms with Gasteiger partial charge >= 0.3 is 0 Å². The first-order valence-electron chi connectivity index (χ1n) is 18.9. The summed E-state index contributed by atoms with van der Waals surface area (Å²) in [5, 5.41) is 3.53. The molecule has 0 saturated carbocycles. The third-order valence-corrected chi connectivity index (χ3v) is 10.5. The van der Waals surface area contributed by atoms with Crippen molar-refractivity contribution >= 4 is 21.7 Å². The molecule has 8 aromatic carbocycles. The highest BCUT2D eigenvalue weighted by atomic mass is 14.9. The Hall–Kier alpha value is -7.49. The van der Waals surface area contributed by atoms with Gasteiger partial charge in [-0.15, -0.1) is 0 Å². The van der Waals surface area contributed by atoms with Gasteiger partial charge in [-0.3, -0.25) is 0 Å². The van der Waals surface area contributed by atoms with Gasteiger partial charge in [-0.1, -0.05) is 176 Å². The fourth-order valence-corrected chi connectivity index (χ4v) is 7.64. The van der Waals surface area contributed by atoms with Gasteiger partial charge in [0.15, 0.2) is 5.82 Å². The average Bonchev–Trinajstić information content (AvgIpc) is 3.29. The molecule has 0 aliphatic rings. The molecule has 10 aromatic rings. The lowest BCUT2D eigenvalue weighted by molar-refractivity contribution is 1.18. The molecule has 0 fully saturated rings. The van der Waals surface area contributed by atoms with Crippen molar-refractivity contribution in [1.82, 2.24) is 15.0 Å². The van der Waals surface area contributed by atoms with Crippen LogP contribution >= 0.6 is 0 Å². The zero-order valence-corrected chi connectivity index (χ0v) is 30.5. The molecule has 3 nitrogen and oxygen atoms in total. The van der Waals surface area contributed by atoms with E-state index in [4.69, 9.17) is 15.0 Å². The minimum absolute atomic E-state index is 0.697. The monoisotopic (exact) mass is 713 g/mol. The minimum atomic E-state index is 0.697. The summed E-state index contributed by atoms with van der Waals surface area (Å²) in [5.74, 6) is 0.697. The summed E-state index contributed by atoms with van der Waals surface area (Å²) in [4.78, 5) is 15.4. The summed E-state index contributed by atoms with van der Waals surface area (Å²) in [6.07, 6.45) is 0. The van der Waals surface area contributed by atoms with E-state index >= 15 is 0 Å². The zero-order valence-electron chi connectivity index (χ0n) is 30.5. The fraction of sp³-hybridized carbons (Fsp3) is 0. The van der Waals surface area contributed by atoms with Crippen LogP contribution < -0.4 is 0 Å². The number of aromatic nitrogens is 3. The molecule has 2 heterocycles. The summed E-state index contributed by atoms with van der Waals surface area (Å²) in [6, 6.07) is 74.6. The van der Waals surface area contributed by atoms with Crippen molar-refractivity contribution in [2.75, 3.05) is 0 Å². The van der Waals surface area contributed by atoms with Crippen molar-refractivity contribution in [2.24, 2.45) is 0 Å². The number of hydrogen-bond donors (Lipinski definition) is 0. The van der Waals surface area contributed by atoms with Crippen LogP contribution in [0.1, 0.15) is 0 Å².